The number of fused-ring (bicyclic) bond motifs is 4. The van der Waals surface area contributed by atoms with Crippen molar-refractivity contribution < 1.29 is 0 Å². The van der Waals surface area contributed by atoms with Crippen LogP contribution in [-0.4, -0.2) is 0 Å². The van der Waals surface area contributed by atoms with E-state index in [1.54, 1.807) is 0 Å². The van der Waals surface area contributed by atoms with Crippen LogP contribution in [0.1, 0.15) is 18.4 Å². The lowest BCUT2D eigenvalue weighted by molar-refractivity contribution is 1.00. The smallest absolute Gasteiger partial charge is 0.0540 e. The van der Waals surface area contributed by atoms with Gasteiger partial charge >= 0.3 is 0 Å². The summed E-state index contributed by atoms with van der Waals surface area (Å²) < 4.78 is 0. The Kier molecular flexibility index (Phi) is 9.02. The Morgan fingerprint density at radius 3 is 1.15 bits per heavy atom. The van der Waals surface area contributed by atoms with Gasteiger partial charge in [0.1, 0.15) is 0 Å². The van der Waals surface area contributed by atoms with E-state index in [9.17, 15) is 0 Å². The molecule has 0 amide bonds. The second kappa shape index (κ2) is 15.2. The molecule has 0 spiro atoms. The minimum atomic E-state index is 0.909. The molecule has 0 aromatic heterocycles. The molecule has 10 aromatic carbocycles. The van der Waals surface area contributed by atoms with Crippen molar-refractivity contribution in [2.75, 3.05) is 9.80 Å². The Balaban J connectivity index is 1.17. The van der Waals surface area contributed by atoms with Crippen LogP contribution in [0.3, 0.4) is 0 Å². The highest BCUT2D eigenvalue weighted by atomic mass is 15.2. The Morgan fingerprint density at radius 1 is 0.267 bits per heavy atom. The minimum Gasteiger partial charge on any atom is -0.314 e. The van der Waals surface area contributed by atoms with E-state index in [0.717, 1.165) is 29.9 Å². The standard InChI is InChI=1S/C58H42N2/c1-5-21-41(22-6-1)59(42-23-7-2-8-24-42)55-39-37-53(45-29-13-15-31-47(45)55)57-49-33-17-19-35-51(49)58(52-36-20-18-34-50(52)57)54-38-40-56(48-32-16-14-30-46(48)54)60(43-25-9-3-10-26-43)44-27-11-4-12-28-44/h1-37,39H,38,40H2. The first kappa shape index (κ1) is 35.5. The molecule has 0 N–H and O–H groups in total. The predicted molar refractivity (Wildman–Crippen MR) is 255 cm³/mol. The maximum absolute atomic E-state index is 2.46. The lowest BCUT2D eigenvalue weighted by Gasteiger charge is -2.31. The van der Waals surface area contributed by atoms with Gasteiger partial charge in [-0.05, 0) is 122 Å². The van der Waals surface area contributed by atoms with Crippen molar-refractivity contribution in [1.29, 1.82) is 0 Å². The van der Waals surface area contributed by atoms with Crippen molar-refractivity contribution in [2.24, 2.45) is 0 Å². The summed E-state index contributed by atoms with van der Waals surface area (Å²) >= 11 is 0. The van der Waals surface area contributed by atoms with Crippen LogP contribution in [0.15, 0.2) is 231 Å². The minimum absolute atomic E-state index is 0.909. The average Bonchev–Trinajstić information content (AvgIpc) is 3.33. The zero-order chi connectivity index (χ0) is 39.8. The van der Waals surface area contributed by atoms with Gasteiger partial charge in [0.25, 0.3) is 0 Å². The number of hydrogen-bond donors (Lipinski definition) is 0. The van der Waals surface area contributed by atoms with Crippen LogP contribution >= 0.6 is 0 Å². The summed E-state index contributed by atoms with van der Waals surface area (Å²) in [4.78, 5) is 4.84. The van der Waals surface area contributed by atoms with E-state index in [2.05, 4.69) is 240 Å². The quantitative estimate of drug-likeness (QED) is 0.142. The van der Waals surface area contributed by atoms with Gasteiger partial charge in [-0.2, -0.15) is 0 Å². The average molecular weight is 767 g/mol. The molecule has 0 heterocycles. The number of nitrogens with zero attached hydrogens (tertiary/aromatic N) is 2. The molecule has 0 aliphatic heterocycles. The van der Waals surface area contributed by atoms with Crippen LogP contribution in [0, 0.1) is 0 Å². The van der Waals surface area contributed by atoms with Gasteiger partial charge in [-0.1, -0.05) is 176 Å². The molecule has 0 fully saturated rings. The monoisotopic (exact) mass is 766 g/mol. The van der Waals surface area contributed by atoms with Crippen molar-refractivity contribution >= 4 is 72.0 Å². The Labute approximate surface area is 350 Å². The zero-order valence-corrected chi connectivity index (χ0v) is 33.2. The van der Waals surface area contributed by atoms with Crippen molar-refractivity contribution in [3.8, 4) is 11.1 Å². The molecular formula is C58H42N2. The van der Waals surface area contributed by atoms with Gasteiger partial charge in [-0.3, -0.25) is 0 Å². The number of anilines is 5. The van der Waals surface area contributed by atoms with E-state index in [4.69, 9.17) is 0 Å². The molecule has 2 nitrogen and oxygen atoms in total. The molecule has 0 atom stereocenters. The van der Waals surface area contributed by atoms with Crippen LogP contribution < -0.4 is 20.2 Å². The maximum Gasteiger partial charge on any atom is 0.0540 e. The molecule has 1 aliphatic carbocycles. The fraction of sp³-hybridized carbons (Fsp3) is 0.0345. The third kappa shape index (κ3) is 6.04. The second-order valence-electron chi connectivity index (χ2n) is 15.5. The summed E-state index contributed by atoms with van der Waals surface area (Å²) in [5.41, 5.74) is 12.3. The summed E-state index contributed by atoms with van der Waals surface area (Å²) in [6.07, 6.45) is 1.83. The highest BCUT2D eigenvalue weighted by molar-refractivity contribution is 6.22. The van der Waals surface area contributed by atoms with Crippen molar-refractivity contribution in [3.05, 3.63) is 247 Å². The molecule has 11 rings (SSSR count). The first-order chi connectivity index (χ1) is 29.8. The third-order valence-corrected chi connectivity index (χ3v) is 12.1. The van der Waals surface area contributed by atoms with Crippen molar-refractivity contribution in [3.63, 3.8) is 0 Å². The topological polar surface area (TPSA) is 6.48 Å². The molecule has 2 heteroatoms. The number of rotatable bonds is 8. The van der Waals surface area contributed by atoms with E-state index < -0.39 is 0 Å². The summed E-state index contributed by atoms with van der Waals surface area (Å²) in [6.45, 7) is 0. The molecule has 0 unspecified atom stereocenters. The summed E-state index contributed by atoms with van der Waals surface area (Å²) in [5, 5.41) is 10.1. The van der Waals surface area contributed by atoms with E-state index in [1.165, 1.54) is 82.1 Å². The molecule has 0 radical (unpaired) electrons. The third-order valence-electron chi connectivity index (χ3n) is 12.1. The predicted octanol–water partition coefficient (Wildman–Crippen LogP) is 14.2. The highest BCUT2D eigenvalue weighted by Crippen LogP contribution is 2.47. The van der Waals surface area contributed by atoms with Gasteiger partial charge in [-0.25, -0.2) is 0 Å². The summed E-state index contributed by atoms with van der Waals surface area (Å²) in [5.74, 6) is 0. The number of benzene rings is 10. The molecule has 0 saturated carbocycles. The summed E-state index contributed by atoms with van der Waals surface area (Å²) in [7, 11) is 0. The maximum atomic E-state index is 2.46. The largest absolute Gasteiger partial charge is 0.314 e. The molecule has 0 bridgehead atoms. The van der Waals surface area contributed by atoms with Crippen LogP contribution in [0.2, 0.25) is 0 Å². The van der Waals surface area contributed by atoms with E-state index in [0.29, 0.717) is 0 Å². The SMILES string of the molecule is c1ccc(N(C2=c3ccccc3=C(c3c4ccccc4c(-c4ccc(N(c5ccccc5)c5ccccc5)c5ccccc45)c4ccccc34)CC2)c2ccccc2)cc1. The summed E-state index contributed by atoms with van der Waals surface area (Å²) in [6, 6.07) is 83.9. The lowest BCUT2D eigenvalue weighted by Crippen LogP contribution is -2.37. The lowest BCUT2D eigenvalue weighted by atomic mass is 9.81. The Hall–Kier alpha value is -7.68. The van der Waals surface area contributed by atoms with Gasteiger partial charge in [0.05, 0.1) is 5.69 Å². The number of para-hydroxylation sites is 4. The fourth-order valence-corrected chi connectivity index (χ4v) is 9.64. The van der Waals surface area contributed by atoms with E-state index in [-0.39, 0.29) is 0 Å². The van der Waals surface area contributed by atoms with Crippen LogP contribution in [0.5, 0.6) is 0 Å². The molecule has 284 valence electrons. The highest BCUT2D eigenvalue weighted by Gasteiger charge is 2.25. The molecule has 0 saturated heterocycles. The molecular weight excluding hydrogens is 725 g/mol. The van der Waals surface area contributed by atoms with Crippen LogP contribution in [-0.2, 0) is 0 Å². The van der Waals surface area contributed by atoms with Gasteiger partial charge in [0.15, 0.2) is 0 Å². The second-order valence-corrected chi connectivity index (χ2v) is 15.5. The Bertz CT molecular complexity index is 3170. The van der Waals surface area contributed by atoms with E-state index >= 15 is 0 Å². The van der Waals surface area contributed by atoms with Gasteiger partial charge in [-0.15, -0.1) is 0 Å². The number of hydrogen-bond acceptors (Lipinski definition) is 2. The van der Waals surface area contributed by atoms with Gasteiger partial charge in [0.2, 0.25) is 0 Å². The van der Waals surface area contributed by atoms with Gasteiger partial charge in [0, 0.05) is 39.1 Å². The Morgan fingerprint density at radius 2 is 0.650 bits per heavy atom. The van der Waals surface area contributed by atoms with Crippen LogP contribution in [0.25, 0.3) is 54.7 Å². The van der Waals surface area contributed by atoms with Crippen LogP contribution in [0.4, 0.5) is 28.4 Å². The van der Waals surface area contributed by atoms with Crippen molar-refractivity contribution in [1.82, 2.24) is 0 Å². The molecule has 10 aromatic rings. The normalized spacial score (nSPS) is 12.5. The first-order valence-electron chi connectivity index (χ1n) is 20.9. The van der Waals surface area contributed by atoms with E-state index in [1.807, 2.05) is 0 Å². The molecule has 1 aliphatic rings. The zero-order valence-electron chi connectivity index (χ0n) is 33.2. The first-order valence-corrected chi connectivity index (χ1v) is 20.9. The fourth-order valence-electron chi connectivity index (χ4n) is 9.64. The molecule has 60 heavy (non-hydrogen) atoms. The van der Waals surface area contributed by atoms with Crippen molar-refractivity contribution in [2.45, 2.75) is 12.8 Å². The van der Waals surface area contributed by atoms with Gasteiger partial charge < -0.3 is 9.80 Å².